The number of aromatic nitrogens is 2. The molecule has 5 nitrogen and oxygen atoms in total. The molecule has 1 aromatic rings. The van der Waals surface area contributed by atoms with Crippen LogP contribution in [0.1, 0.15) is 19.0 Å². The summed E-state index contributed by atoms with van der Waals surface area (Å²) in [6, 6.07) is 0. The van der Waals surface area contributed by atoms with E-state index in [1.807, 2.05) is 19.6 Å². The van der Waals surface area contributed by atoms with Crippen molar-refractivity contribution in [2.45, 2.75) is 26.4 Å². The summed E-state index contributed by atoms with van der Waals surface area (Å²) >= 11 is 0. The molecule has 0 atom stereocenters. The van der Waals surface area contributed by atoms with Gasteiger partial charge in [0.2, 0.25) is 0 Å². The molecule has 0 aromatic carbocycles. The standard InChI is InChI=1S/C11H19N3O2/c1-4-14-9-12-7-10(14)8-13(2)6-5-11(15)16-3/h7,9H,4-6,8H2,1-3H3. The van der Waals surface area contributed by atoms with Gasteiger partial charge in [-0.25, -0.2) is 4.98 Å². The average Bonchev–Trinajstić information content (AvgIpc) is 2.73. The Bertz CT molecular complexity index is 336. The molecular weight excluding hydrogens is 206 g/mol. The highest BCUT2D eigenvalue weighted by atomic mass is 16.5. The molecule has 1 aromatic heterocycles. The van der Waals surface area contributed by atoms with Crippen LogP contribution in [-0.4, -0.2) is 41.1 Å². The quantitative estimate of drug-likeness (QED) is 0.675. The van der Waals surface area contributed by atoms with Gasteiger partial charge >= 0.3 is 5.97 Å². The molecule has 0 aliphatic heterocycles. The second kappa shape index (κ2) is 6.27. The van der Waals surface area contributed by atoms with E-state index in [1.165, 1.54) is 7.11 Å². The van der Waals surface area contributed by atoms with E-state index in [9.17, 15) is 4.79 Å². The van der Waals surface area contributed by atoms with Crippen LogP contribution >= 0.6 is 0 Å². The lowest BCUT2D eigenvalue weighted by molar-refractivity contribution is -0.140. The molecule has 0 N–H and O–H groups in total. The van der Waals surface area contributed by atoms with Gasteiger partial charge in [-0.2, -0.15) is 0 Å². The Morgan fingerprint density at radius 1 is 1.62 bits per heavy atom. The smallest absolute Gasteiger partial charge is 0.306 e. The topological polar surface area (TPSA) is 47.4 Å². The third kappa shape index (κ3) is 3.66. The van der Waals surface area contributed by atoms with E-state index in [4.69, 9.17) is 0 Å². The number of ether oxygens (including phenoxy) is 1. The Labute approximate surface area is 96.0 Å². The molecule has 90 valence electrons. The number of rotatable bonds is 6. The molecule has 0 spiro atoms. The van der Waals surface area contributed by atoms with Gasteiger partial charge in [0.25, 0.3) is 0 Å². The van der Waals surface area contributed by atoms with E-state index in [-0.39, 0.29) is 5.97 Å². The first-order chi connectivity index (χ1) is 7.67. The van der Waals surface area contributed by atoms with Crippen LogP contribution in [0.15, 0.2) is 12.5 Å². The van der Waals surface area contributed by atoms with Gasteiger partial charge in [-0.3, -0.25) is 9.69 Å². The van der Waals surface area contributed by atoms with Gasteiger partial charge in [-0.05, 0) is 14.0 Å². The van der Waals surface area contributed by atoms with Crippen LogP contribution < -0.4 is 0 Å². The van der Waals surface area contributed by atoms with Crippen molar-refractivity contribution in [3.05, 3.63) is 18.2 Å². The summed E-state index contributed by atoms with van der Waals surface area (Å²) in [6.07, 6.45) is 4.11. The predicted octanol–water partition coefficient (Wildman–Crippen LogP) is 0.898. The minimum absolute atomic E-state index is 0.171. The third-order valence-electron chi connectivity index (χ3n) is 2.50. The highest BCUT2D eigenvalue weighted by Gasteiger charge is 2.07. The van der Waals surface area contributed by atoms with E-state index in [0.717, 1.165) is 18.8 Å². The van der Waals surface area contributed by atoms with Crippen molar-refractivity contribution >= 4 is 5.97 Å². The molecule has 0 aliphatic rings. The summed E-state index contributed by atoms with van der Waals surface area (Å²) in [4.78, 5) is 17.2. The highest BCUT2D eigenvalue weighted by molar-refractivity contribution is 5.69. The van der Waals surface area contributed by atoms with Gasteiger partial charge < -0.3 is 9.30 Å². The zero-order valence-corrected chi connectivity index (χ0v) is 10.1. The fourth-order valence-electron chi connectivity index (χ4n) is 1.50. The molecule has 0 fully saturated rings. The Morgan fingerprint density at radius 2 is 2.38 bits per heavy atom. The lowest BCUT2D eigenvalue weighted by atomic mass is 10.3. The number of esters is 1. The van der Waals surface area contributed by atoms with E-state index in [0.29, 0.717) is 13.0 Å². The Morgan fingerprint density at radius 3 is 3.00 bits per heavy atom. The van der Waals surface area contributed by atoms with Crippen molar-refractivity contribution in [3.8, 4) is 0 Å². The normalized spacial score (nSPS) is 10.8. The molecule has 1 heterocycles. The average molecular weight is 225 g/mol. The van der Waals surface area contributed by atoms with Crippen molar-refractivity contribution in [2.75, 3.05) is 20.7 Å². The first-order valence-electron chi connectivity index (χ1n) is 5.41. The molecule has 0 amide bonds. The van der Waals surface area contributed by atoms with Gasteiger partial charge in [0.15, 0.2) is 0 Å². The summed E-state index contributed by atoms with van der Waals surface area (Å²) in [7, 11) is 3.39. The number of nitrogens with zero attached hydrogens (tertiary/aromatic N) is 3. The van der Waals surface area contributed by atoms with Crippen LogP contribution in [0.2, 0.25) is 0 Å². The van der Waals surface area contributed by atoms with Crippen molar-refractivity contribution in [1.82, 2.24) is 14.5 Å². The summed E-state index contributed by atoms with van der Waals surface area (Å²) in [5.41, 5.74) is 1.16. The number of imidazole rings is 1. The molecule has 0 unspecified atom stereocenters. The molecule has 0 saturated carbocycles. The Kier molecular flexibility index (Phi) is 4.98. The number of hydrogen-bond donors (Lipinski definition) is 0. The maximum atomic E-state index is 11.0. The highest BCUT2D eigenvalue weighted by Crippen LogP contribution is 2.03. The Balaban J connectivity index is 2.39. The predicted molar refractivity (Wildman–Crippen MR) is 60.9 cm³/mol. The Hall–Kier alpha value is -1.36. The first kappa shape index (κ1) is 12.7. The van der Waals surface area contributed by atoms with E-state index in [2.05, 4.69) is 26.1 Å². The lowest BCUT2D eigenvalue weighted by Crippen LogP contribution is -2.23. The maximum absolute atomic E-state index is 11.0. The first-order valence-corrected chi connectivity index (χ1v) is 5.41. The molecule has 0 bridgehead atoms. The number of hydrogen-bond acceptors (Lipinski definition) is 4. The molecule has 0 aliphatic carbocycles. The van der Waals surface area contributed by atoms with Gasteiger partial charge in [-0.15, -0.1) is 0 Å². The van der Waals surface area contributed by atoms with Crippen LogP contribution in [0.5, 0.6) is 0 Å². The van der Waals surface area contributed by atoms with Gasteiger partial charge in [0.1, 0.15) is 0 Å². The monoisotopic (exact) mass is 225 g/mol. The van der Waals surface area contributed by atoms with Crippen molar-refractivity contribution in [1.29, 1.82) is 0 Å². The second-order valence-corrected chi connectivity index (χ2v) is 3.73. The zero-order valence-electron chi connectivity index (χ0n) is 10.1. The van der Waals surface area contributed by atoms with Gasteiger partial charge in [0, 0.05) is 25.8 Å². The molecule has 1 rings (SSSR count). The van der Waals surface area contributed by atoms with E-state index < -0.39 is 0 Å². The minimum atomic E-state index is -0.171. The second-order valence-electron chi connectivity index (χ2n) is 3.73. The van der Waals surface area contributed by atoms with Crippen LogP contribution in [0.4, 0.5) is 0 Å². The molecule has 0 radical (unpaired) electrons. The minimum Gasteiger partial charge on any atom is -0.469 e. The van der Waals surface area contributed by atoms with Crippen LogP contribution in [-0.2, 0) is 22.6 Å². The molecule has 5 heteroatoms. The lowest BCUT2D eigenvalue weighted by Gasteiger charge is -2.16. The number of aryl methyl sites for hydroxylation is 1. The summed E-state index contributed by atoms with van der Waals surface area (Å²) < 4.78 is 6.69. The fraction of sp³-hybridized carbons (Fsp3) is 0.636. The van der Waals surface area contributed by atoms with Gasteiger partial charge in [-0.1, -0.05) is 0 Å². The van der Waals surface area contributed by atoms with Gasteiger partial charge in [0.05, 0.1) is 25.6 Å². The number of carbonyl (C=O) groups excluding carboxylic acids is 1. The van der Waals surface area contributed by atoms with Crippen molar-refractivity contribution in [2.24, 2.45) is 0 Å². The van der Waals surface area contributed by atoms with E-state index in [1.54, 1.807) is 0 Å². The van der Waals surface area contributed by atoms with Crippen molar-refractivity contribution in [3.63, 3.8) is 0 Å². The largest absolute Gasteiger partial charge is 0.469 e. The molecular formula is C11H19N3O2. The summed E-state index contributed by atoms with van der Waals surface area (Å²) in [5, 5.41) is 0. The SMILES string of the molecule is CCn1cncc1CN(C)CCC(=O)OC. The van der Waals surface area contributed by atoms with Crippen LogP contribution in [0, 0.1) is 0 Å². The fourth-order valence-corrected chi connectivity index (χ4v) is 1.50. The zero-order chi connectivity index (χ0) is 12.0. The van der Waals surface area contributed by atoms with Crippen LogP contribution in [0.25, 0.3) is 0 Å². The van der Waals surface area contributed by atoms with Crippen LogP contribution in [0.3, 0.4) is 0 Å². The summed E-state index contributed by atoms with van der Waals surface area (Å²) in [5.74, 6) is -0.171. The third-order valence-corrected chi connectivity index (χ3v) is 2.50. The molecule has 16 heavy (non-hydrogen) atoms. The number of methoxy groups -OCH3 is 1. The maximum Gasteiger partial charge on any atom is 0.306 e. The summed E-state index contributed by atoms with van der Waals surface area (Å²) in [6.45, 7) is 4.49. The van der Waals surface area contributed by atoms with E-state index >= 15 is 0 Å². The molecule has 0 saturated heterocycles. The number of carbonyl (C=O) groups is 1. The van der Waals surface area contributed by atoms with Crippen molar-refractivity contribution < 1.29 is 9.53 Å².